The van der Waals surface area contributed by atoms with E-state index in [1.165, 1.54) is 5.56 Å². The Labute approximate surface area is 90.6 Å². The zero-order valence-corrected chi connectivity index (χ0v) is 8.91. The van der Waals surface area contributed by atoms with Gasteiger partial charge in [-0.25, -0.2) is 0 Å². The summed E-state index contributed by atoms with van der Waals surface area (Å²) in [5.74, 6) is 1.62. The molecule has 0 bridgehead atoms. The van der Waals surface area contributed by atoms with E-state index in [-0.39, 0.29) is 0 Å². The van der Waals surface area contributed by atoms with Gasteiger partial charge in [-0.3, -0.25) is 0 Å². The molecule has 0 saturated carbocycles. The molecule has 1 atom stereocenters. The third kappa shape index (κ3) is 2.70. The number of fused-ring (bicyclic) bond motifs is 1. The Morgan fingerprint density at radius 1 is 1.40 bits per heavy atom. The van der Waals surface area contributed by atoms with Gasteiger partial charge in [0.25, 0.3) is 0 Å². The van der Waals surface area contributed by atoms with Crippen molar-refractivity contribution in [3.63, 3.8) is 0 Å². The first-order chi connectivity index (χ1) is 7.40. The minimum atomic E-state index is 0.575. The van der Waals surface area contributed by atoms with Crippen molar-refractivity contribution < 1.29 is 4.74 Å². The molecule has 1 aromatic carbocycles. The highest BCUT2D eigenvalue weighted by Gasteiger charge is 2.18. The fourth-order valence-electron chi connectivity index (χ4n) is 1.93. The Hall–Kier alpha value is -1.06. The van der Waals surface area contributed by atoms with E-state index in [9.17, 15) is 0 Å². The van der Waals surface area contributed by atoms with E-state index in [4.69, 9.17) is 10.5 Å². The van der Waals surface area contributed by atoms with Crippen molar-refractivity contribution in [3.05, 3.63) is 29.8 Å². The summed E-state index contributed by atoms with van der Waals surface area (Å²) in [5.41, 5.74) is 6.75. The molecule has 0 fully saturated rings. The highest BCUT2D eigenvalue weighted by molar-refractivity contribution is 5.35. The van der Waals surface area contributed by atoms with E-state index >= 15 is 0 Å². The molecule has 0 aromatic heterocycles. The van der Waals surface area contributed by atoms with Crippen LogP contribution in [-0.2, 0) is 6.42 Å². The second kappa shape index (κ2) is 5.14. The molecule has 0 amide bonds. The standard InChI is InChI=1S/C12H18N2O/c13-5-6-14-8-10-7-11-3-1-2-4-12(11)15-9-10/h1-4,10,14H,5-9,13H2. The molecule has 0 radical (unpaired) electrons. The van der Waals surface area contributed by atoms with Crippen LogP contribution in [0.3, 0.4) is 0 Å². The minimum Gasteiger partial charge on any atom is -0.493 e. The first-order valence-corrected chi connectivity index (χ1v) is 5.51. The van der Waals surface area contributed by atoms with Gasteiger partial charge in [0.1, 0.15) is 5.75 Å². The van der Waals surface area contributed by atoms with Crippen molar-refractivity contribution in [2.24, 2.45) is 11.7 Å². The molecule has 0 spiro atoms. The topological polar surface area (TPSA) is 47.3 Å². The van der Waals surface area contributed by atoms with Gasteiger partial charge in [-0.1, -0.05) is 18.2 Å². The lowest BCUT2D eigenvalue weighted by Gasteiger charge is -2.25. The van der Waals surface area contributed by atoms with Crippen LogP contribution in [0.1, 0.15) is 5.56 Å². The number of hydrogen-bond donors (Lipinski definition) is 2. The van der Waals surface area contributed by atoms with Crippen LogP contribution in [0.2, 0.25) is 0 Å². The van der Waals surface area contributed by atoms with E-state index in [1.54, 1.807) is 0 Å². The number of nitrogens with one attached hydrogen (secondary N) is 1. The van der Waals surface area contributed by atoms with Crippen molar-refractivity contribution in [1.82, 2.24) is 5.32 Å². The molecule has 2 rings (SSSR count). The van der Waals surface area contributed by atoms with Gasteiger partial charge in [0.15, 0.2) is 0 Å². The maximum atomic E-state index is 5.70. The summed E-state index contributed by atoms with van der Waals surface area (Å²) >= 11 is 0. The number of benzene rings is 1. The summed E-state index contributed by atoms with van der Waals surface area (Å²) in [6.45, 7) is 3.39. The summed E-state index contributed by atoms with van der Waals surface area (Å²) in [6.07, 6.45) is 1.10. The first kappa shape index (κ1) is 10.5. The minimum absolute atomic E-state index is 0.575. The Bertz CT molecular complexity index is 314. The van der Waals surface area contributed by atoms with Gasteiger partial charge in [-0.05, 0) is 18.1 Å². The van der Waals surface area contributed by atoms with Gasteiger partial charge < -0.3 is 15.8 Å². The SMILES string of the molecule is NCCNCC1COc2ccccc2C1. The van der Waals surface area contributed by atoms with Crippen molar-refractivity contribution in [2.45, 2.75) is 6.42 Å². The summed E-state index contributed by atoms with van der Waals surface area (Å²) in [6, 6.07) is 8.27. The number of rotatable bonds is 4. The smallest absolute Gasteiger partial charge is 0.122 e. The maximum Gasteiger partial charge on any atom is 0.122 e. The molecule has 1 aliphatic rings. The highest BCUT2D eigenvalue weighted by Crippen LogP contribution is 2.26. The maximum absolute atomic E-state index is 5.70. The number of ether oxygens (including phenoxy) is 1. The third-order valence-corrected chi connectivity index (χ3v) is 2.71. The predicted molar refractivity (Wildman–Crippen MR) is 61.1 cm³/mol. The monoisotopic (exact) mass is 206 g/mol. The Balaban J connectivity index is 1.88. The molecule has 1 heterocycles. The molecular weight excluding hydrogens is 188 g/mol. The molecule has 3 heteroatoms. The van der Waals surface area contributed by atoms with Gasteiger partial charge in [-0.2, -0.15) is 0 Å². The van der Waals surface area contributed by atoms with E-state index in [2.05, 4.69) is 17.4 Å². The van der Waals surface area contributed by atoms with Crippen molar-refractivity contribution in [3.8, 4) is 5.75 Å². The van der Waals surface area contributed by atoms with Gasteiger partial charge in [0.05, 0.1) is 6.61 Å². The van der Waals surface area contributed by atoms with Gasteiger partial charge in [0, 0.05) is 25.6 Å². The molecule has 3 N–H and O–H groups in total. The average Bonchev–Trinajstić information content (AvgIpc) is 2.29. The molecule has 1 unspecified atom stereocenters. The predicted octanol–water partition coefficient (Wildman–Crippen LogP) is 0.786. The zero-order chi connectivity index (χ0) is 10.5. The van der Waals surface area contributed by atoms with Crippen LogP contribution in [0.4, 0.5) is 0 Å². The van der Waals surface area contributed by atoms with E-state index in [0.717, 1.165) is 31.9 Å². The molecular formula is C12H18N2O. The number of hydrogen-bond acceptors (Lipinski definition) is 3. The lowest BCUT2D eigenvalue weighted by molar-refractivity contribution is 0.218. The number of nitrogens with two attached hydrogens (primary N) is 1. The van der Waals surface area contributed by atoms with Gasteiger partial charge >= 0.3 is 0 Å². The van der Waals surface area contributed by atoms with Crippen LogP contribution in [0.15, 0.2) is 24.3 Å². The molecule has 82 valence electrons. The second-order valence-electron chi connectivity index (χ2n) is 3.98. The van der Waals surface area contributed by atoms with Crippen molar-refractivity contribution in [2.75, 3.05) is 26.2 Å². The van der Waals surface area contributed by atoms with E-state index < -0.39 is 0 Å². The molecule has 1 aromatic rings. The first-order valence-electron chi connectivity index (χ1n) is 5.51. The highest BCUT2D eigenvalue weighted by atomic mass is 16.5. The van der Waals surface area contributed by atoms with Gasteiger partial charge in [-0.15, -0.1) is 0 Å². The molecule has 15 heavy (non-hydrogen) atoms. The normalized spacial score (nSPS) is 19.4. The summed E-state index contributed by atoms with van der Waals surface area (Å²) in [7, 11) is 0. The Morgan fingerprint density at radius 3 is 3.13 bits per heavy atom. The van der Waals surface area contributed by atoms with Crippen LogP contribution in [0, 0.1) is 5.92 Å². The van der Waals surface area contributed by atoms with Crippen LogP contribution >= 0.6 is 0 Å². The van der Waals surface area contributed by atoms with Crippen LogP contribution in [0.5, 0.6) is 5.75 Å². The second-order valence-corrected chi connectivity index (χ2v) is 3.98. The van der Waals surface area contributed by atoms with Crippen LogP contribution in [0.25, 0.3) is 0 Å². The largest absolute Gasteiger partial charge is 0.493 e. The molecule has 3 nitrogen and oxygen atoms in total. The fourth-order valence-corrected chi connectivity index (χ4v) is 1.93. The van der Waals surface area contributed by atoms with Crippen molar-refractivity contribution in [1.29, 1.82) is 0 Å². The zero-order valence-electron chi connectivity index (χ0n) is 8.91. The Morgan fingerprint density at radius 2 is 2.27 bits per heavy atom. The molecule has 0 aliphatic carbocycles. The lowest BCUT2D eigenvalue weighted by Crippen LogP contribution is -2.33. The summed E-state index contributed by atoms with van der Waals surface area (Å²) in [5, 5.41) is 3.33. The van der Waals surface area contributed by atoms with Gasteiger partial charge in [0.2, 0.25) is 0 Å². The lowest BCUT2D eigenvalue weighted by atomic mass is 9.97. The van der Waals surface area contributed by atoms with E-state index in [1.807, 2.05) is 12.1 Å². The van der Waals surface area contributed by atoms with Crippen LogP contribution in [-0.4, -0.2) is 26.2 Å². The number of para-hydroxylation sites is 1. The van der Waals surface area contributed by atoms with E-state index in [0.29, 0.717) is 12.5 Å². The molecule has 1 aliphatic heterocycles. The summed E-state index contributed by atoms with van der Waals surface area (Å²) < 4.78 is 5.70. The summed E-state index contributed by atoms with van der Waals surface area (Å²) in [4.78, 5) is 0. The third-order valence-electron chi connectivity index (χ3n) is 2.71. The molecule has 0 saturated heterocycles. The Kier molecular flexibility index (Phi) is 3.59. The average molecular weight is 206 g/mol. The van der Waals surface area contributed by atoms with Crippen molar-refractivity contribution >= 4 is 0 Å². The fraction of sp³-hybridized carbons (Fsp3) is 0.500. The van der Waals surface area contributed by atoms with Crippen LogP contribution < -0.4 is 15.8 Å². The quantitative estimate of drug-likeness (QED) is 0.716.